The monoisotopic (exact) mass is 276 g/mol. The first kappa shape index (κ1) is 12.5. The van der Waals surface area contributed by atoms with Gasteiger partial charge in [-0.15, -0.1) is 0 Å². The third-order valence-corrected chi connectivity index (χ3v) is 2.94. The van der Waals surface area contributed by atoms with Gasteiger partial charge in [-0.1, -0.05) is 0 Å². The Kier molecular flexibility index (Phi) is 3.02. The van der Waals surface area contributed by atoms with E-state index in [9.17, 15) is 13.9 Å². The molecule has 0 amide bonds. The number of rotatable bonds is 3. The van der Waals surface area contributed by atoms with Gasteiger partial charge in [0, 0.05) is 17.7 Å². The average molecular weight is 276 g/mol. The van der Waals surface area contributed by atoms with E-state index in [0.29, 0.717) is 16.7 Å². The number of ether oxygens (including phenoxy) is 1. The first-order chi connectivity index (χ1) is 9.63. The number of hydrogen-bond donors (Lipinski definition) is 1. The van der Waals surface area contributed by atoms with Crippen molar-refractivity contribution in [1.82, 2.24) is 0 Å². The Balaban J connectivity index is 1.79. The van der Waals surface area contributed by atoms with Crippen molar-refractivity contribution in [1.29, 1.82) is 0 Å². The van der Waals surface area contributed by atoms with Crippen LogP contribution >= 0.6 is 0 Å². The zero-order valence-electron chi connectivity index (χ0n) is 10.3. The second-order valence-corrected chi connectivity index (χ2v) is 4.30. The van der Waals surface area contributed by atoms with E-state index in [1.54, 1.807) is 18.2 Å². The molecule has 0 saturated heterocycles. The first-order valence-corrected chi connectivity index (χ1v) is 5.90. The molecule has 0 aliphatic rings. The smallest absolute Gasteiger partial charge is 0.161 e. The van der Waals surface area contributed by atoms with Crippen LogP contribution in [0.1, 0.15) is 5.56 Å². The van der Waals surface area contributed by atoms with Crippen molar-refractivity contribution in [2.24, 2.45) is 0 Å². The van der Waals surface area contributed by atoms with E-state index < -0.39 is 11.6 Å². The molecular formula is C15H10F2O3. The number of benzene rings is 2. The lowest BCUT2D eigenvalue weighted by atomic mass is 10.2. The average Bonchev–Trinajstić information content (AvgIpc) is 2.79. The summed E-state index contributed by atoms with van der Waals surface area (Å²) in [4.78, 5) is 0. The summed E-state index contributed by atoms with van der Waals surface area (Å²) in [5, 5.41) is 10.0. The molecule has 0 spiro atoms. The Morgan fingerprint density at radius 1 is 1.10 bits per heavy atom. The summed E-state index contributed by atoms with van der Waals surface area (Å²) in [6.07, 6.45) is 1.23. The topological polar surface area (TPSA) is 42.6 Å². The molecule has 5 heteroatoms. The molecule has 1 heterocycles. The molecule has 1 N–H and O–H groups in total. The Bertz CT molecular complexity index is 765. The van der Waals surface area contributed by atoms with Crippen LogP contribution in [0, 0.1) is 11.6 Å². The quantitative estimate of drug-likeness (QED) is 0.786. The van der Waals surface area contributed by atoms with Gasteiger partial charge in [0.2, 0.25) is 0 Å². The number of halogens is 2. The molecule has 0 aliphatic carbocycles. The molecule has 2 aromatic carbocycles. The lowest BCUT2D eigenvalue weighted by Crippen LogP contribution is -1.98. The summed E-state index contributed by atoms with van der Waals surface area (Å²) in [5.41, 5.74) is 0.730. The highest BCUT2D eigenvalue weighted by atomic mass is 19.1. The molecule has 0 bridgehead atoms. The molecular weight excluding hydrogens is 266 g/mol. The zero-order valence-corrected chi connectivity index (χ0v) is 10.3. The molecule has 3 aromatic rings. The van der Waals surface area contributed by atoms with Crippen LogP contribution in [-0.2, 0) is 6.61 Å². The zero-order chi connectivity index (χ0) is 14.1. The Morgan fingerprint density at radius 3 is 2.75 bits per heavy atom. The van der Waals surface area contributed by atoms with E-state index in [1.165, 1.54) is 18.4 Å². The van der Waals surface area contributed by atoms with Crippen molar-refractivity contribution in [2.45, 2.75) is 6.61 Å². The van der Waals surface area contributed by atoms with Crippen molar-refractivity contribution >= 4 is 11.0 Å². The minimum Gasteiger partial charge on any atom is -0.504 e. The Labute approximate surface area is 113 Å². The molecule has 20 heavy (non-hydrogen) atoms. The molecule has 3 rings (SSSR count). The maximum absolute atomic E-state index is 13.4. The lowest BCUT2D eigenvalue weighted by Gasteiger charge is -2.07. The highest BCUT2D eigenvalue weighted by Gasteiger charge is 2.08. The summed E-state index contributed by atoms with van der Waals surface area (Å²) in [6, 6.07) is 8.20. The predicted molar refractivity (Wildman–Crippen MR) is 68.6 cm³/mol. The van der Waals surface area contributed by atoms with Crippen LogP contribution in [0.25, 0.3) is 11.0 Å². The normalized spacial score (nSPS) is 10.9. The van der Waals surface area contributed by atoms with Crippen LogP contribution in [0.3, 0.4) is 0 Å². The van der Waals surface area contributed by atoms with Gasteiger partial charge in [-0.25, -0.2) is 8.78 Å². The van der Waals surface area contributed by atoms with Gasteiger partial charge >= 0.3 is 0 Å². The van der Waals surface area contributed by atoms with E-state index in [2.05, 4.69) is 0 Å². The minimum absolute atomic E-state index is 0.0235. The van der Waals surface area contributed by atoms with Gasteiger partial charge in [-0.3, -0.25) is 0 Å². The number of fused-ring (bicyclic) bond motifs is 1. The van der Waals surface area contributed by atoms with E-state index >= 15 is 0 Å². The second kappa shape index (κ2) is 4.85. The fourth-order valence-electron chi connectivity index (χ4n) is 1.88. The fourth-order valence-corrected chi connectivity index (χ4v) is 1.88. The van der Waals surface area contributed by atoms with Crippen molar-refractivity contribution in [3.05, 3.63) is 59.9 Å². The Hall–Kier alpha value is -2.56. The lowest BCUT2D eigenvalue weighted by molar-refractivity contribution is 0.299. The maximum atomic E-state index is 13.4. The summed E-state index contributed by atoms with van der Waals surface area (Å²) in [7, 11) is 0. The maximum Gasteiger partial charge on any atom is 0.161 e. The van der Waals surface area contributed by atoms with Crippen molar-refractivity contribution in [2.75, 3.05) is 0 Å². The molecule has 0 aliphatic heterocycles. The van der Waals surface area contributed by atoms with E-state index in [0.717, 1.165) is 6.07 Å². The number of hydrogen-bond acceptors (Lipinski definition) is 3. The fraction of sp³-hybridized carbons (Fsp3) is 0.0667. The summed E-state index contributed by atoms with van der Waals surface area (Å²) >= 11 is 0. The van der Waals surface area contributed by atoms with E-state index in [-0.39, 0.29) is 17.9 Å². The van der Waals surface area contributed by atoms with Crippen molar-refractivity contribution < 1.29 is 23.0 Å². The SMILES string of the molecule is Oc1coc2cc(OCc3ccc(F)cc3F)ccc12. The van der Waals surface area contributed by atoms with Gasteiger partial charge in [0.15, 0.2) is 5.75 Å². The van der Waals surface area contributed by atoms with Crippen molar-refractivity contribution in [3.8, 4) is 11.5 Å². The Morgan fingerprint density at radius 2 is 1.95 bits per heavy atom. The van der Waals surface area contributed by atoms with Crippen LogP contribution in [0.15, 0.2) is 47.1 Å². The molecule has 0 unspecified atom stereocenters. The molecule has 0 radical (unpaired) electrons. The summed E-state index contributed by atoms with van der Waals surface area (Å²) in [6.45, 7) is -0.0235. The summed E-state index contributed by atoms with van der Waals surface area (Å²) < 4.78 is 36.8. The third-order valence-electron chi connectivity index (χ3n) is 2.94. The van der Waals surface area contributed by atoms with Gasteiger partial charge in [0.1, 0.15) is 35.8 Å². The predicted octanol–water partition coefficient (Wildman–Crippen LogP) is 4.00. The third kappa shape index (κ3) is 2.30. The highest BCUT2D eigenvalue weighted by molar-refractivity contribution is 5.84. The number of aromatic hydroxyl groups is 1. The van der Waals surface area contributed by atoms with Gasteiger partial charge in [-0.05, 0) is 24.3 Å². The van der Waals surface area contributed by atoms with Crippen LogP contribution in [-0.4, -0.2) is 5.11 Å². The largest absolute Gasteiger partial charge is 0.504 e. The summed E-state index contributed by atoms with van der Waals surface area (Å²) in [5.74, 6) is -0.757. The highest BCUT2D eigenvalue weighted by Crippen LogP contribution is 2.30. The van der Waals surface area contributed by atoms with Crippen molar-refractivity contribution in [3.63, 3.8) is 0 Å². The van der Waals surface area contributed by atoms with E-state index in [4.69, 9.17) is 9.15 Å². The molecule has 3 nitrogen and oxygen atoms in total. The van der Waals surface area contributed by atoms with Gasteiger partial charge in [0.25, 0.3) is 0 Å². The van der Waals surface area contributed by atoms with Gasteiger partial charge in [-0.2, -0.15) is 0 Å². The van der Waals surface area contributed by atoms with Crippen LogP contribution in [0.2, 0.25) is 0 Å². The first-order valence-electron chi connectivity index (χ1n) is 5.90. The molecule has 0 atom stereocenters. The molecule has 0 fully saturated rings. The van der Waals surface area contributed by atoms with Gasteiger partial charge < -0.3 is 14.3 Å². The van der Waals surface area contributed by atoms with Crippen LogP contribution < -0.4 is 4.74 Å². The number of furan rings is 1. The van der Waals surface area contributed by atoms with Crippen LogP contribution in [0.5, 0.6) is 11.5 Å². The van der Waals surface area contributed by atoms with Crippen LogP contribution in [0.4, 0.5) is 8.78 Å². The molecule has 102 valence electrons. The minimum atomic E-state index is -0.651. The molecule has 1 aromatic heterocycles. The standard InChI is InChI=1S/C15H10F2O3/c16-10-2-1-9(13(17)5-10)7-19-11-3-4-12-14(18)8-20-15(12)6-11/h1-6,8,18H,7H2. The van der Waals surface area contributed by atoms with E-state index in [1.807, 2.05) is 0 Å². The molecule has 0 saturated carbocycles. The van der Waals surface area contributed by atoms with Gasteiger partial charge in [0.05, 0.1) is 5.39 Å². The second-order valence-electron chi connectivity index (χ2n) is 4.30.